The number of nitrogens with zero attached hydrogens (tertiary/aromatic N) is 1. The normalized spacial score (nSPS) is 10.1. The number of amides is 2. The molecule has 2 aromatic rings. The number of rotatable bonds is 9. The van der Waals surface area contributed by atoms with Gasteiger partial charge < -0.3 is 20.5 Å². The molecule has 0 bridgehead atoms. The fourth-order valence-electron chi connectivity index (χ4n) is 2.13. The second-order valence-electron chi connectivity index (χ2n) is 5.76. The van der Waals surface area contributed by atoms with Crippen LogP contribution < -0.4 is 15.4 Å². The van der Waals surface area contributed by atoms with Crippen LogP contribution in [0, 0.1) is 5.82 Å². The molecular weight excluding hydrogens is 405 g/mol. The third-order valence-corrected chi connectivity index (χ3v) is 3.84. The van der Waals surface area contributed by atoms with Gasteiger partial charge in [0.25, 0.3) is 11.8 Å². The Bertz CT molecular complexity index is 951. The predicted molar refractivity (Wildman–Crippen MR) is 102 cm³/mol. The number of carboxylic acid groups (broad SMARTS) is 1. The Morgan fingerprint density at radius 2 is 2.00 bits per heavy atom. The number of nitrogens with one attached hydrogen (secondary N) is 2. The molecule has 0 aliphatic carbocycles. The van der Waals surface area contributed by atoms with Crippen molar-refractivity contribution < 1.29 is 28.6 Å². The van der Waals surface area contributed by atoms with E-state index in [9.17, 15) is 18.8 Å². The van der Waals surface area contributed by atoms with E-state index in [1.807, 2.05) is 0 Å². The molecule has 2 rings (SSSR count). The molecule has 0 unspecified atom stereocenters. The Hall–Kier alpha value is -3.46. The standard InChI is InChI=1S/C19H17ClFN3O5/c1-11(24-17(25)10-29-13-2-3-14(20)15(21)9-13)4-6-23-18(26)12-5-7-22-16(8-12)19(27)28/h2-3,5,7-9H,1,4,6,10H2,(H,23,26)(H,24,25)(H,27,28). The van der Waals surface area contributed by atoms with E-state index in [4.69, 9.17) is 21.4 Å². The van der Waals surface area contributed by atoms with E-state index in [1.54, 1.807) is 0 Å². The van der Waals surface area contributed by atoms with Gasteiger partial charge in [0, 0.05) is 36.5 Å². The molecule has 10 heteroatoms. The Balaban J connectivity index is 1.72. The molecule has 0 aliphatic heterocycles. The monoisotopic (exact) mass is 421 g/mol. The highest BCUT2D eigenvalue weighted by molar-refractivity contribution is 6.30. The van der Waals surface area contributed by atoms with Crippen LogP contribution in [0.25, 0.3) is 0 Å². The molecule has 0 saturated heterocycles. The van der Waals surface area contributed by atoms with E-state index in [0.717, 1.165) is 12.1 Å². The van der Waals surface area contributed by atoms with Crippen LogP contribution in [-0.2, 0) is 4.79 Å². The van der Waals surface area contributed by atoms with Gasteiger partial charge in [0.1, 0.15) is 17.3 Å². The van der Waals surface area contributed by atoms with Crippen molar-refractivity contribution in [1.29, 1.82) is 0 Å². The Labute approximate surface area is 170 Å². The van der Waals surface area contributed by atoms with Crippen LogP contribution in [0.1, 0.15) is 27.3 Å². The summed E-state index contributed by atoms with van der Waals surface area (Å²) in [4.78, 5) is 38.4. The minimum atomic E-state index is -1.24. The molecule has 29 heavy (non-hydrogen) atoms. The van der Waals surface area contributed by atoms with Gasteiger partial charge in [0.05, 0.1) is 5.02 Å². The van der Waals surface area contributed by atoms with Crippen molar-refractivity contribution in [2.75, 3.05) is 13.2 Å². The van der Waals surface area contributed by atoms with E-state index in [-0.39, 0.29) is 41.6 Å². The smallest absolute Gasteiger partial charge is 0.354 e. The molecule has 0 aliphatic rings. The number of carbonyl (C=O) groups is 3. The molecule has 8 nitrogen and oxygen atoms in total. The van der Waals surface area contributed by atoms with Crippen LogP contribution in [0.15, 0.2) is 48.8 Å². The van der Waals surface area contributed by atoms with Gasteiger partial charge in [0.2, 0.25) is 0 Å². The first-order chi connectivity index (χ1) is 13.8. The lowest BCUT2D eigenvalue weighted by atomic mass is 10.2. The Morgan fingerprint density at radius 1 is 1.24 bits per heavy atom. The fraction of sp³-hybridized carbons (Fsp3) is 0.158. The highest BCUT2D eigenvalue weighted by Crippen LogP contribution is 2.20. The first-order valence-electron chi connectivity index (χ1n) is 8.29. The minimum Gasteiger partial charge on any atom is -0.484 e. The molecule has 152 valence electrons. The average molecular weight is 422 g/mol. The number of carboxylic acids is 1. The van der Waals surface area contributed by atoms with Crippen LogP contribution >= 0.6 is 11.6 Å². The number of benzene rings is 1. The number of halogens is 2. The Kier molecular flexibility index (Phi) is 7.67. The summed E-state index contributed by atoms with van der Waals surface area (Å²) in [6.45, 7) is 3.48. The van der Waals surface area contributed by atoms with Gasteiger partial charge >= 0.3 is 5.97 Å². The number of carbonyl (C=O) groups excluding carboxylic acids is 2. The minimum absolute atomic E-state index is 0.0526. The van der Waals surface area contributed by atoms with Crippen molar-refractivity contribution in [3.63, 3.8) is 0 Å². The predicted octanol–water partition coefficient (Wildman–Crippen LogP) is 2.40. The van der Waals surface area contributed by atoms with Gasteiger partial charge in [-0.1, -0.05) is 18.2 Å². The number of hydrogen-bond donors (Lipinski definition) is 3. The molecule has 1 aromatic heterocycles. The van der Waals surface area contributed by atoms with Crippen LogP contribution in [0.5, 0.6) is 5.75 Å². The van der Waals surface area contributed by atoms with Crippen LogP contribution in [0.3, 0.4) is 0 Å². The molecule has 0 fully saturated rings. The molecule has 3 N–H and O–H groups in total. The molecule has 0 spiro atoms. The quantitative estimate of drug-likeness (QED) is 0.572. The molecule has 1 aromatic carbocycles. The van der Waals surface area contributed by atoms with E-state index < -0.39 is 23.6 Å². The maximum Gasteiger partial charge on any atom is 0.354 e. The van der Waals surface area contributed by atoms with Crippen LogP contribution in [0.4, 0.5) is 4.39 Å². The summed E-state index contributed by atoms with van der Waals surface area (Å²) < 4.78 is 18.5. The Morgan fingerprint density at radius 3 is 2.69 bits per heavy atom. The number of aromatic carboxylic acids is 1. The summed E-state index contributed by atoms with van der Waals surface area (Å²) in [6.07, 6.45) is 1.47. The molecule has 0 saturated carbocycles. The van der Waals surface area contributed by atoms with Crippen molar-refractivity contribution in [3.8, 4) is 5.75 Å². The van der Waals surface area contributed by atoms with Gasteiger partial charge in [-0.2, -0.15) is 0 Å². The second-order valence-corrected chi connectivity index (χ2v) is 6.16. The van der Waals surface area contributed by atoms with Gasteiger partial charge in [-0.3, -0.25) is 9.59 Å². The first kappa shape index (κ1) is 21.8. The third-order valence-electron chi connectivity index (χ3n) is 3.53. The van der Waals surface area contributed by atoms with Crippen LogP contribution in [-0.4, -0.2) is 41.0 Å². The average Bonchev–Trinajstić information content (AvgIpc) is 2.68. The lowest BCUT2D eigenvalue weighted by molar-refractivity contribution is -0.122. The van der Waals surface area contributed by atoms with Crippen molar-refractivity contribution in [2.45, 2.75) is 6.42 Å². The summed E-state index contributed by atoms with van der Waals surface area (Å²) in [5.41, 5.74) is 0.243. The zero-order valence-corrected chi connectivity index (χ0v) is 15.8. The second kappa shape index (κ2) is 10.2. The van der Waals surface area contributed by atoms with Gasteiger partial charge in [-0.05, 0) is 24.3 Å². The first-order valence-corrected chi connectivity index (χ1v) is 8.67. The highest BCUT2D eigenvalue weighted by atomic mass is 35.5. The molecular formula is C19H17ClFN3O5. The van der Waals surface area contributed by atoms with E-state index in [0.29, 0.717) is 5.70 Å². The zero-order chi connectivity index (χ0) is 21.4. The van der Waals surface area contributed by atoms with Crippen molar-refractivity contribution in [2.24, 2.45) is 0 Å². The maximum absolute atomic E-state index is 13.3. The van der Waals surface area contributed by atoms with Gasteiger partial charge in [0.15, 0.2) is 6.61 Å². The highest BCUT2D eigenvalue weighted by Gasteiger charge is 2.11. The molecule has 0 radical (unpaired) electrons. The summed E-state index contributed by atoms with van der Waals surface area (Å²) in [5.74, 6) is -2.73. The zero-order valence-electron chi connectivity index (χ0n) is 15.1. The number of hydrogen-bond acceptors (Lipinski definition) is 5. The third kappa shape index (κ3) is 6.89. The van der Waals surface area contributed by atoms with Gasteiger partial charge in [-0.15, -0.1) is 0 Å². The number of aromatic nitrogens is 1. The van der Waals surface area contributed by atoms with Crippen molar-refractivity contribution in [1.82, 2.24) is 15.6 Å². The largest absolute Gasteiger partial charge is 0.484 e. The summed E-state index contributed by atoms with van der Waals surface area (Å²) in [7, 11) is 0. The van der Waals surface area contributed by atoms with E-state index in [1.165, 1.54) is 24.4 Å². The van der Waals surface area contributed by atoms with Crippen molar-refractivity contribution in [3.05, 3.63) is 70.9 Å². The topological polar surface area (TPSA) is 118 Å². The lowest BCUT2D eigenvalue weighted by Gasteiger charge is -2.11. The summed E-state index contributed by atoms with van der Waals surface area (Å²) in [6, 6.07) is 6.35. The van der Waals surface area contributed by atoms with Crippen molar-refractivity contribution >= 4 is 29.4 Å². The van der Waals surface area contributed by atoms with E-state index in [2.05, 4.69) is 22.2 Å². The molecule has 1 heterocycles. The summed E-state index contributed by atoms with van der Waals surface area (Å²) in [5, 5.41) is 13.9. The SMILES string of the molecule is C=C(CCNC(=O)c1ccnc(C(=O)O)c1)NC(=O)COc1ccc(Cl)c(F)c1. The molecule has 0 atom stereocenters. The summed E-state index contributed by atoms with van der Waals surface area (Å²) >= 11 is 5.56. The van der Waals surface area contributed by atoms with Gasteiger partial charge in [-0.25, -0.2) is 14.2 Å². The van der Waals surface area contributed by atoms with E-state index >= 15 is 0 Å². The lowest BCUT2D eigenvalue weighted by Crippen LogP contribution is -2.31. The number of ether oxygens (including phenoxy) is 1. The number of pyridine rings is 1. The van der Waals surface area contributed by atoms with Crippen LogP contribution in [0.2, 0.25) is 5.02 Å². The molecule has 2 amide bonds. The maximum atomic E-state index is 13.3. The fourth-order valence-corrected chi connectivity index (χ4v) is 2.25.